The van der Waals surface area contributed by atoms with Crippen molar-refractivity contribution in [1.29, 1.82) is 5.26 Å². The van der Waals surface area contributed by atoms with Gasteiger partial charge in [-0.2, -0.15) is 5.26 Å². The van der Waals surface area contributed by atoms with Crippen LogP contribution in [0, 0.1) is 11.3 Å². The molecule has 14 heavy (non-hydrogen) atoms. The largest absolute Gasteiger partial charge is 0.374 e. The van der Waals surface area contributed by atoms with Crippen LogP contribution in [-0.2, 0) is 10.3 Å². The number of hydrogen-bond acceptors (Lipinski definition) is 2. The summed E-state index contributed by atoms with van der Waals surface area (Å²) < 4.78 is 6.29. The Morgan fingerprint density at radius 2 is 2.21 bits per heavy atom. The molecule has 1 fully saturated rings. The van der Waals surface area contributed by atoms with E-state index in [1.165, 1.54) is 0 Å². The predicted molar refractivity (Wildman–Crippen MR) is 56.8 cm³/mol. The third-order valence-electron chi connectivity index (χ3n) is 2.71. The molecule has 0 aromatic heterocycles. The van der Waals surface area contributed by atoms with Crippen LogP contribution in [0.3, 0.4) is 0 Å². The summed E-state index contributed by atoms with van der Waals surface area (Å²) in [6.45, 7) is 0. The predicted octanol–water partition coefficient (Wildman–Crippen LogP) is 2.96. The molecule has 2 nitrogen and oxygen atoms in total. The fraction of sp³-hybridized carbons (Fsp3) is 0.364. The second kappa shape index (κ2) is 3.38. The maximum Gasteiger partial charge on any atom is 0.100 e. The average Bonchev–Trinajstić information content (AvgIpc) is 2.99. The smallest absolute Gasteiger partial charge is 0.100 e. The minimum absolute atomic E-state index is 0.105. The van der Waals surface area contributed by atoms with E-state index in [4.69, 9.17) is 10.00 Å². The molecule has 0 N–H and O–H groups in total. The molecule has 1 aliphatic rings. The maximum atomic E-state index is 8.88. The van der Waals surface area contributed by atoms with Gasteiger partial charge in [0.25, 0.3) is 0 Å². The minimum Gasteiger partial charge on any atom is -0.374 e. The fourth-order valence-electron chi connectivity index (χ4n) is 1.62. The van der Waals surface area contributed by atoms with Crippen LogP contribution >= 0.6 is 15.9 Å². The second-order valence-corrected chi connectivity index (χ2v) is 4.36. The van der Waals surface area contributed by atoms with Crippen molar-refractivity contribution in [3.05, 3.63) is 33.8 Å². The lowest BCUT2D eigenvalue weighted by Crippen LogP contribution is -2.08. The molecule has 72 valence electrons. The van der Waals surface area contributed by atoms with E-state index >= 15 is 0 Å². The topological polar surface area (TPSA) is 33.0 Å². The first-order chi connectivity index (χ1) is 6.72. The highest BCUT2D eigenvalue weighted by molar-refractivity contribution is 9.10. The van der Waals surface area contributed by atoms with Crippen LogP contribution in [0.25, 0.3) is 0 Å². The van der Waals surface area contributed by atoms with Crippen LogP contribution in [0.2, 0.25) is 0 Å². The summed E-state index contributed by atoms with van der Waals surface area (Å²) in [6.07, 6.45) is 2.10. The van der Waals surface area contributed by atoms with Gasteiger partial charge in [-0.05, 0) is 46.5 Å². The Kier molecular flexibility index (Phi) is 2.34. The summed E-state index contributed by atoms with van der Waals surface area (Å²) in [4.78, 5) is 0. The van der Waals surface area contributed by atoms with Gasteiger partial charge in [0.15, 0.2) is 0 Å². The number of nitriles is 1. The molecule has 0 heterocycles. The second-order valence-electron chi connectivity index (χ2n) is 3.50. The molecule has 0 aliphatic heterocycles. The standard InChI is InChI=1S/C11H10BrNO/c1-14-11(4-5-11)9-2-3-10(12)8(6-9)7-13/h2-3,6H,4-5H2,1H3. The van der Waals surface area contributed by atoms with Gasteiger partial charge < -0.3 is 4.74 Å². The van der Waals surface area contributed by atoms with E-state index in [1.807, 2.05) is 18.2 Å². The summed E-state index contributed by atoms with van der Waals surface area (Å²) in [7, 11) is 1.72. The van der Waals surface area contributed by atoms with Crippen LogP contribution in [-0.4, -0.2) is 7.11 Å². The number of halogens is 1. The molecule has 3 heteroatoms. The summed E-state index contributed by atoms with van der Waals surface area (Å²) in [5.74, 6) is 0. The lowest BCUT2D eigenvalue weighted by atomic mass is 10.1. The molecule has 0 saturated heterocycles. The van der Waals surface area contributed by atoms with E-state index in [9.17, 15) is 0 Å². The highest BCUT2D eigenvalue weighted by Crippen LogP contribution is 2.49. The van der Waals surface area contributed by atoms with Gasteiger partial charge >= 0.3 is 0 Å². The number of hydrogen-bond donors (Lipinski definition) is 0. The van der Waals surface area contributed by atoms with Crippen molar-refractivity contribution in [3.63, 3.8) is 0 Å². The Balaban J connectivity index is 2.42. The third-order valence-corrected chi connectivity index (χ3v) is 3.40. The molecule has 0 amide bonds. The van der Waals surface area contributed by atoms with E-state index < -0.39 is 0 Å². The zero-order valence-electron chi connectivity index (χ0n) is 7.88. The zero-order chi connectivity index (χ0) is 10.2. The zero-order valence-corrected chi connectivity index (χ0v) is 9.47. The minimum atomic E-state index is -0.105. The highest BCUT2D eigenvalue weighted by Gasteiger charge is 2.44. The Morgan fingerprint density at radius 3 is 2.71 bits per heavy atom. The van der Waals surface area contributed by atoms with Crippen LogP contribution < -0.4 is 0 Å². The van der Waals surface area contributed by atoms with Gasteiger partial charge in [0.05, 0.1) is 11.2 Å². The lowest BCUT2D eigenvalue weighted by Gasteiger charge is -2.13. The van der Waals surface area contributed by atoms with E-state index in [-0.39, 0.29) is 5.60 Å². The van der Waals surface area contributed by atoms with Gasteiger partial charge in [-0.1, -0.05) is 6.07 Å². The van der Waals surface area contributed by atoms with Crippen molar-refractivity contribution in [2.45, 2.75) is 18.4 Å². The SMILES string of the molecule is COC1(c2ccc(Br)c(C#N)c2)CC1. The molecular weight excluding hydrogens is 242 g/mol. The molecule has 0 spiro atoms. The first-order valence-electron chi connectivity index (χ1n) is 4.47. The van der Waals surface area contributed by atoms with Crippen molar-refractivity contribution in [2.24, 2.45) is 0 Å². The van der Waals surface area contributed by atoms with Crippen LogP contribution in [0.5, 0.6) is 0 Å². The summed E-state index contributed by atoms with van der Waals surface area (Å²) >= 11 is 3.34. The molecule has 0 radical (unpaired) electrons. The molecule has 1 aromatic carbocycles. The van der Waals surface area contributed by atoms with Crippen molar-refractivity contribution in [3.8, 4) is 6.07 Å². The Labute approximate surface area is 91.6 Å². The Morgan fingerprint density at radius 1 is 1.50 bits per heavy atom. The van der Waals surface area contributed by atoms with Gasteiger partial charge in [-0.15, -0.1) is 0 Å². The molecule has 1 saturated carbocycles. The molecule has 0 bridgehead atoms. The number of benzene rings is 1. The summed E-state index contributed by atoms with van der Waals surface area (Å²) in [5, 5.41) is 8.88. The quantitative estimate of drug-likeness (QED) is 0.810. The number of methoxy groups -OCH3 is 1. The van der Waals surface area contributed by atoms with Gasteiger partial charge in [-0.3, -0.25) is 0 Å². The average molecular weight is 252 g/mol. The van der Waals surface area contributed by atoms with Gasteiger partial charge in [0.2, 0.25) is 0 Å². The van der Waals surface area contributed by atoms with E-state index in [0.717, 1.165) is 22.9 Å². The first-order valence-corrected chi connectivity index (χ1v) is 5.26. The molecule has 0 atom stereocenters. The molecule has 1 aromatic rings. The fourth-order valence-corrected chi connectivity index (χ4v) is 1.95. The normalized spacial score (nSPS) is 17.5. The Hall–Kier alpha value is -0.850. The van der Waals surface area contributed by atoms with Gasteiger partial charge in [-0.25, -0.2) is 0 Å². The van der Waals surface area contributed by atoms with E-state index in [1.54, 1.807) is 7.11 Å². The van der Waals surface area contributed by atoms with E-state index in [0.29, 0.717) is 5.56 Å². The number of ether oxygens (including phenoxy) is 1. The van der Waals surface area contributed by atoms with Crippen molar-refractivity contribution in [2.75, 3.05) is 7.11 Å². The molecular formula is C11H10BrNO. The first kappa shape index (κ1) is 9.70. The molecule has 2 rings (SSSR count). The maximum absolute atomic E-state index is 8.88. The molecule has 1 aliphatic carbocycles. The molecule has 0 unspecified atom stereocenters. The van der Waals surface area contributed by atoms with Crippen LogP contribution in [0.15, 0.2) is 22.7 Å². The summed E-state index contributed by atoms with van der Waals surface area (Å²) in [6, 6.07) is 7.99. The lowest BCUT2D eigenvalue weighted by molar-refractivity contribution is 0.0789. The monoisotopic (exact) mass is 251 g/mol. The number of nitrogens with zero attached hydrogens (tertiary/aromatic N) is 1. The van der Waals surface area contributed by atoms with Crippen LogP contribution in [0.1, 0.15) is 24.0 Å². The Bertz CT molecular complexity index is 404. The van der Waals surface area contributed by atoms with Gasteiger partial charge in [0.1, 0.15) is 6.07 Å². The highest BCUT2D eigenvalue weighted by atomic mass is 79.9. The van der Waals surface area contributed by atoms with Crippen molar-refractivity contribution >= 4 is 15.9 Å². The van der Waals surface area contributed by atoms with Crippen molar-refractivity contribution in [1.82, 2.24) is 0 Å². The van der Waals surface area contributed by atoms with E-state index in [2.05, 4.69) is 22.0 Å². The summed E-state index contributed by atoms with van der Waals surface area (Å²) in [5.41, 5.74) is 1.68. The van der Waals surface area contributed by atoms with Crippen LogP contribution in [0.4, 0.5) is 0 Å². The van der Waals surface area contributed by atoms with Gasteiger partial charge in [0, 0.05) is 11.6 Å². The van der Waals surface area contributed by atoms with Crippen molar-refractivity contribution < 1.29 is 4.74 Å². The third kappa shape index (κ3) is 1.45. The number of rotatable bonds is 2.